The van der Waals surface area contributed by atoms with E-state index in [9.17, 15) is 14.0 Å². The van der Waals surface area contributed by atoms with Gasteiger partial charge < -0.3 is 9.73 Å². The summed E-state index contributed by atoms with van der Waals surface area (Å²) in [4.78, 5) is 29.0. The molecule has 31 heavy (non-hydrogen) atoms. The van der Waals surface area contributed by atoms with Gasteiger partial charge in [-0.1, -0.05) is 54.6 Å². The van der Waals surface area contributed by atoms with E-state index >= 15 is 0 Å². The molecule has 0 unspecified atom stereocenters. The Balaban J connectivity index is 1.37. The Hall–Kier alpha value is -4.06. The first-order valence-corrected chi connectivity index (χ1v) is 9.79. The fraction of sp³-hybridized carbons (Fsp3) is 0.0800. The number of aromatic nitrogens is 1. The van der Waals surface area contributed by atoms with Crippen molar-refractivity contribution in [2.24, 2.45) is 0 Å². The highest BCUT2D eigenvalue weighted by atomic mass is 19.1. The molecule has 0 fully saturated rings. The number of oxazole rings is 1. The van der Waals surface area contributed by atoms with Crippen molar-refractivity contribution in [2.75, 3.05) is 5.32 Å². The standard InChI is InChI=1S/C25H19FN2O3/c26-21-12-5-4-11-20(21)22-16-27-24(31-22)14-13-23(29)28-19-10-6-9-18(15-19)25(30)17-7-2-1-3-8-17/h1-12,15-16H,13-14H2,(H,28,29). The van der Waals surface area contributed by atoms with Gasteiger partial charge in [0, 0.05) is 29.7 Å². The largest absolute Gasteiger partial charge is 0.441 e. The number of hydrogen-bond donors (Lipinski definition) is 1. The highest BCUT2D eigenvalue weighted by Gasteiger charge is 2.13. The summed E-state index contributed by atoms with van der Waals surface area (Å²) in [5.74, 6) is -0.0815. The van der Waals surface area contributed by atoms with Crippen molar-refractivity contribution >= 4 is 17.4 Å². The molecule has 6 heteroatoms. The number of benzene rings is 3. The Bertz CT molecular complexity index is 1220. The number of nitrogens with zero attached hydrogens (tertiary/aromatic N) is 1. The Labute approximate surface area is 178 Å². The molecule has 1 N–H and O–H groups in total. The molecule has 0 aliphatic carbocycles. The lowest BCUT2D eigenvalue weighted by Crippen LogP contribution is -2.13. The molecular formula is C25H19FN2O3. The van der Waals surface area contributed by atoms with Crippen LogP contribution in [0.25, 0.3) is 11.3 Å². The van der Waals surface area contributed by atoms with Crippen molar-refractivity contribution in [2.45, 2.75) is 12.8 Å². The highest BCUT2D eigenvalue weighted by molar-refractivity contribution is 6.09. The number of hydrogen-bond acceptors (Lipinski definition) is 4. The quantitative estimate of drug-likeness (QED) is 0.418. The summed E-state index contributed by atoms with van der Waals surface area (Å²) in [7, 11) is 0. The van der Waals surface area contributed by atoms with Crippen molar-refractivity contribution in [1.29, 1.82) is 0 Å². The van der Waals surface area contributed by atoms with E-state index in [2.05, 4.69) is 10.3 Å². The molecule has 1 heterocycles. The minimum Gasteiger partial charge on any atom is -0.441 e. The van der Waals surface area contributed by atoms with Gasteiger partial charge in [0.2, 0.25) is 5.91 Å². The van der Waals surface area contributed by atoms with E-state index in [1.165, 1.54) is 12.3 Å². The van der Waals surface area contributed by atoms with Crippen LogP contribution in [0.3, 0.4) is 0 Å². The summed E-state index contributed by atoms with van der Waals surface area (Å²) in [6.07, 6.45) is 1.85. The molecule has 0 aliphatic heterocycles. The first-order chi connectivity index (χ1) is 15.1. The SMILES string of the molecule is O=C(CCc1ncc(-c2ccccc2F)o1)Nc1cccc(C(=O)c2ccccc2)c1. The van der Waals surface area contributed by atoms with Crippen molar-refractivity contribution in [3.05, 3.63) is 108 Å². The molecule has 4 rings (SSSR count). The first-order valence-electron chi connectivity index (χ1n) is 9.79. The molecule has 4 aromatic rings. The summed E-state index contributed by atoms with van der Waals surface area (Å²) >= 11 is 0. The van der Waals surface area contributed by atoms with E-state index in [-0.39, 0.29) is 24.5 Å². The third kappa shape index (κ3) is 4.93. The first kappa shape index (κ1) is 20.2. The molecule has 1 amide bonds. The van der Waals surface area contributed by atoms with Crippen molar-refractivity contribution in [3.8, 4) is 11.3 Å². The fourth-order valence-electron chi connectivity index (χ4n) is 3.15. The predicted octanol–water partition coefficient (Wildman–Crippen LogP) is 5.28. The van der Waals surface area contributed by atoms with E-state index in [0.29, 0.717) is 34.0 Å². The number of ketones is 1. The second kappa shape index (κ2) is 9.17. The van der Waals surface area contributed by atoms with Gasteiger partial charge in [-0.15, -0.1) is 0 Å². The van der Waals surface area contributed by atoms with E-state index in [0.717, 1.165) is 0 Å². The zero-order valence-corrected chi connectivity index (χ0v) is 16.5. The second-order valence-corrected chi connectivity index (χ2v) is 6.92. The van der Waals surface area contributed by atoms with Crippen LogP contribution in [0, 0.1) is 5.82 Å². The summed E-state index contributed by atoms with van der Waals surface area (Å²) in [5.41, 5.74) is 1.93. The van der Waals surface area contributed by atoms with Crippen molar-refractivity contribution in [1.82, 2.24) is 4.98 Å². The van der Waals surface area contributed by atoms with E-state index < -0.39 is 5.82 Å². The number of carbonyl (C=O) groups is 2. The predicted molar refractivity (Wildman–Crippen MR) is 115 cm³/mol. The van der Waals surface area contributed by atoms with Gasteiger partial charge in [-0.3, -0.25) is 9.59 Å². The van der Waals surface area contributed by atoms with Crippen LogP contribution in [0.5, 0.6) is 0 Å². The van der Waals surface area contributed by atoms with Crippen LogP contribution < -0.4 is 5.32 Å². The average molecular weight is 414 g/mol. The topological polar surface area (TPSA) is 72.2 Å². The van der Waals surface area contributed by atoms with Crippen molar-refractivity contribution in [3.63, 3.8) is 0 Å². The van der Waals surface area contributed by atoms with Crippen LogP contribution in [0.4, 0.5) is 10.1 Å². The van der Waals surface area contributed by atoms with Crippen LogP contribution >= 0.6 is 0 Å². The fourth-order valence-corrected chi connectivity index (χ4v) is 3.15. The molecule has 5 nitrogen and oxygen atoms in total. The molecule has 3 aromatic carbocycles. The monoisotopic (exact) mass is 414 g/mol. The number of carbonyl (C=O) groups excluding carboxylic acids is 2. The molecule has 0 atom stereocenters. The van der Waals surface area contributed by atoms with Crippen LogP contribution in [-0.2, 0) is 11.2 Å². The normalized spacial score (nSPS) is 10.6. The Morgan fingerprint density at radius 3 is 2.45 bits per heavy atom. The molecule has 0 aliphatic rings. The molecule has 0 saturated carbocycles. The van der Waals surface area contributed by atoms with Gasteiger partial charge in [-0.25, -0.2) is 9.37 Å². The lowest BCUT2D eigenvalue weighted by atomic mass is 10.0. The molecule has 0 saturated heterocycles. The third-order valence-electron chi connectivity index (χ3n) is 4.70. The lowest BCUT2D eigenvalue weighted by molar-refractivity contribution is -0.116. The Morgan fingerprint density at radius 1 is 0.903 bits per heavy atom. The number of aryl methyl sites for hydroxylation is 1. The van der Waals surface area contributed by atoms with Gasteiger partial charge in [0.15, 0.2) is 17.4 Å². The number of nitrogens with one attached hydrogen (secondary N) is 1. The van der Waals surface area contributed by atoms with Gasteiger partial charge in [0.1, 0.15) is 5.82 Å². The van der Waals surface area contributed by atoms with Crippen LogP contribution in [-0.4, -0.2) is 16.7 Å². The average Bonchev–Trinajstić information content (AvgIpc) is 3.27. The zero-order chi connectivity index (χ0) is 21.6. The number of halogens is 1. The maximum atomic E-state index is 13.9. The van der Waals surface area contributed by atoms with E-state index in [1.54, 1.807) is 66.7 Å². The second-order valence-electron chi connectivity index (χ2n) is 6.92. The molecule has 0 bridgehead atoms. The maximum Gasteiger partial charge on any atom is 0.224 e. The smallest absolute Gasteiger partial charge is 0.224 e. The third-order valence-corrected chi connectivity index (χ3v) is 4.70. The molecular weight excluding hydrogens is 395 g/mol. The summed E-state index contributed by atoms with van der Waals surface area (Å²) in [6, 6.07) is 22.0. The van der Waals surface area contributed by atoms with Crippen LogP contribution in [0.1, 0.15) is 28.2 Å². The van der Waals surface area contributed by atoms with Crippen molar-refractivity contribution < 1.29 is 18.4 Å². The van der Waals surface area contributed by atoms with Crippen LogP contribution in [0.15, 0.2) is 89.5 Å². The van der Waals surface area contributed by atoms with Gasteiger partial charge in [-0.05, 0) is 24.3 Å². The summed E-state index contributed by atoms with van der Waals surface area (Å²) < 4.78 is 19.4. The summed E-state index contributed by atoms with van der Waals surface area (Å²) in [6.45, 7) is 0. The number of amides is 1. The maximum absolute atomic E-state index is 13.9. The summed E-state index contributed by atoms with van der Waals surface area (Å²) in [5, 5.41) is 2.79. The van der Waals surface area contributed by atoms with E-state index in [4.69, 9.17) is 4.42 Å². The Morgan fingerprint density at radius 2 is 1.65 bits per heavy atom. The van der Waals surface area contributed by atoms with Gasteiger partial charge in [0.25, 0.3) is 0 Å². The van der Waals surface area contributed by atoms with Gasteiger partial charge in [0.05, 0.1) is 11.8 Å². The van der Waals surface area contributed by atoms with Gasteiger partial charge >= 0.3 is 0 Å². The van der Waals surface area contributed by atoms with Gasteiger partial charge in [-0.2, -0.15) is 0 Å². The van der Waals surface area contributed by atoms with E-state index in [1.807, 2.05) is 6.07 Å². The molecule has 0 spiro atoms. The minimum absolute atomic E-state index is 0.114. The number of anilines is 1. The molecule has 1 aromatic heterocycles. The minimum atomic E-state index is -0.395. The Kier molecular flexibility index (Phi) is 5.98. The molecule has 154 valence electrons. The zero-order valence-electron chi connectivity index (χ0n) is 16.5. The lowest BCUT2D eigenvalue weighted by Gasteiger charge is -2.07. The highest BCUT2D eigenvalue weighted by Crippen LogP contribution is 2.23. The molecule has 0 radical (unpaired) electrons. The van der Waals surface area contributed by atoms with Crippen LogP contribution in [0.2, 0.25) is 0 Å². The number of rotatable bonds is 7.